The maximum Gasteiger partial charge on any atom is 0.264 e. The van der Waals surface area contributed by atoms with E-state index in [4.69, 9.17) is 4.74 Å². The molecule has 2 aromatic rings. The molecule has 27 heavy (non-hydrogen) atoms. The summed E-state index contributed by atoms with van der Waals surface area (Å²) in [5.41, 5.74) is 0.958. The highest BCUT2D eigenvalue weighted by Crippen LogP contribution is 2.39. The van der Waals surface area contributed by atoms with E-state index in [0.29, 0.717) is 29.6 Å². The number of nitrogens with one attached hydrogen (secondary N) is 1. The lowest BCUT2D eigenvalue weighted by molar-refractivity contribution is -0.117. The maximum atomic E-state index is 13.2. The van der Waals surface area contributed by atoms with Crippen molar-refractivity contribution in [2.45, 2.75) is 25.2 Å². The van der Waals surface area contributed by atoms with Crippen molar-refractivity contribution >= 4 is 27.3 Å². The number of benzene rings is 2. The van der Waals surface area contributed by atoms with Crippen LogP contribution in [0.3, 0.4) is 0 Å². The van der Waals surface area contributed by atoms with Crippen LogP contribution < -0.4 is 14.4 Å². The molecule has 1 N–H and O–H groups in total. The lowest BCUT2D eigenvalue weighted by atomic mass is 10.2. The summed E-state index contributed by atoms with van der Waals surface area (Å²) in [5, 5.41) is 2.82. The molecular formula is C20H24N2O4S. The summed E-state index contributed by atoms with van der Waals surface area (Å²) in [5.74, 6) is 0.659. The van der Waals surface area contributed by atoms with Crippen LogP contribution in [0.5, 0.6) is 5.75 Å². The molecule has 2 atom stereocenters. The monoisotopic (exact) mass is 388 g/mol. The summed E-state index contributed by atoms with van der Waals surface area (Å²) in [6.45, 7) is 4.09. The van der Waals surface area contributed by atoms with Gasteiger partial charge in [0.25, 0.3) is 10.0 Å². The molecule has 0 saturated heterocycles. The number of sulfonamides is 1. The fraction of sp³-hybridized carbons (Fsp3) is 0.350. The van der Waals surface area contributed by atoms with Crippen molar-refractivity contribution in [3.05, 3.63) is 48.5 Å². The van der Waals surface area contributed by atoms with Gasteiger partial charge in [-0.1, -0.05) is 25.1 Å². The van der Waals surface area contributed by atoms with Crippen LogP contribution >= 0.6 is 0 Å². The van der Waals surface area contributed by atoms with Crippen LogP contribution in [0, 0.1) is 11.8 Å². The number of amides is 1. The van der Waals surface area contributed by atoms with Crippen LogP contribution in [0.15, 0.2) is 53.4 Å². The quantitative estimate of drug-likeness (QED) is 0.788. The third-order valence-corrected chi connectivity index (χ3v) is 6.69. The minimum atomic E-state index is -3.78. The normalized spacial score (nSPS) is 18.6. The Morgan fingerprint density at radius 1 is 1.22 bits per heavy atom. The van der Waals surface area contributed by atoms with E-state index < -0.39 is 10.0 Å². The van der Waals surface area contributed by atoms with E-state index >= 15 is 0 Å². The van der Waals surface area contributed by atoms with Crippen LogP contribution in [0.25, 0.3) is 0 Å². The number of hydrogen-bond donors (Lipinski definition) is 1. The first-order valence-corrected chi connectivity index (χ1v) is 10.4. The van der Waals surface area contributed by atoms with E-state index in [2.05, 4.69) is 5.32 Å². The van der Waals surface area contributed by atoms with Gasteiger partial charge in [-0.2, -0.15) is 0 Å². The van der Waals surface area contributed by atoms with Gasteiger partial charge in [0.05, 0.1) is 23.4 Å². The molecule has 0 spiro atoms. The number of nitrogens with zero attached hydrogens (tertiary/aromatic N) is 1. The summed E-state index contributed by atoms with van der Waals surface area (Å²) in [4.78, 5) is 12.4. The third kappa shape index (κ3) is 3.93. The fourth-order valence-electron chi connectivity index (χ4n) is 3.07. The SMILES string of the molecule is CCN(c1ccccc1)S(=O)(=O)c1ccc(OC)c(NC(=O)[C@H]2C[C@H]2C)c1. The summed E-state index contributed by atoms with van der Waals surface area (Å²) in [6.07, 6.45) is 0.851. The van der Waals surface area contributed by atoms with Crippen molar-refractivity contribution in [2.75, 3.05) is 23.3 Å². The average Bonchev–Trinajstić information content (AvgIpc) is 3.40. The summed E-state index contributed by atoms with van der Waals surface area (Å²) in [7, 11) is -2.29. The van der Waals surface area contributed by atoms with Gasteiger partial charge in [0.15, 0.2) is 0 Å². The van der Waals surface area contributed by atoms with E-state index in [1.807, 2.05) is 13.0 Å². The second kappa shape index (κ2) is 7.60. The molecule has 7 heteroatoms. The Balaban J connectivity index is 1.95. The number of anilines is 2. The number of hydrogen-bond acceptors (Lipinski definition) is 4. The predicted molar refractivity (Wildman–Crippen MR) is 106 cm³/mol. The molecular weight excluding hydrogens is 364 g/mol. The smallest absolute Gasteiger partial charge is 0.264 e. The van der Waals surface area contributed by atoms with Gasteiger partial charge in [0.1, 0.15) is 5.75 Å². The molecule has 6 nitrogen and oxygen atoms in total. The predicted octanol–water partition coefficient (Wildman–Crippen LogP) is 3.50. The Morgan fingerprint density at radius 3 is 2.44 bits per heavy atom. The van der Waals surface area contributed by atoms with Gasteiger partial charge in [-0.15, -0.1) is 0 Å². The molecule has 1 aliphatic carbocycles. The highest BCUT2D eigenvalue weighted by molar-refractivity contribution is 7.92. The van der Waals surface area contributed by atoms with Gasteiger partial charge >= 0.3 is 0 Å². The largest absolute Gasteiger partial charge is 0.495 e. The molecule has 0 aromatic heterocycles. The van der Waals surface area contributed by atoms with Crippen LogP contribution in [0.4, 0.5) is 11.4 Å². The highest BCUT2D eigenvalue weighted by Gasteiger charge is 2.39. The van der Waals surface area contributed by atoms with Crippen LogP contribution in [0.1, 0.15) is 20.3 Å². The molecule has 0 bridgehead atoms. The molecule has 3 rings (SSSR count). The Kier molecular flexibility index (Phi) is 5.41. The number of para-hydroxylation sites is 1. The fourth-order valence-corrected chi connectivity index (χ4v) is 4.57. The minimum Gasteiger partial charge on any atom is -0.495 e. The molecule has 1 amide bonds. The first-order chi connectivity index (χ1) is 12.9. The number of ether oxygens (including phenoxy) is 1. The van der Waals surface area contributed by atoms with Gasteiger partial charge < -0.3 is 10.1 Å². The van der Waals surface area contributed by atoms with E-state index in [1.165, 1.54) is 23.5 Å². The molecule has 2 aromatic carbocycles. The zero-order valence-corrected chi connectivity index (χ0v) is 16.5. The molecule has 0 heterocycles. The van der Waals surface area contributed by atoms with E-state index in [0.717, 1.165) is 6.42 Å². The topological polar surface area (TPSA) is 75.7 Å². The molecule has 0 unspecified atom stereocenters. The van der Waals surface area contributed by atoms with Crippen molar-refractivity contribution < 1.29 is 17.9 Å². The number of carbonyl (C=O) groups is 1. The summed E-state index contributed by atoms with van der Waals surface area (Å²) >= 11 is 0. The number of rotatable bonds is 7. The summed E-state index contributed by atoms with van der Waals surface area (Å²) in [6, 6.07) is 13.5. The molecule has 1 saturated carbocycles. The standard InChI is InChI=1S/C20H24N2O4S/c1-4-22(15-8-6-5-7-9-15)27(24,25)16-10-11-19(26-3)18(13-16)21-20(23)17-12-14(17)2/h5-11,13-14,17H,4,12H2,1-3H3,(H,21,23)/t14-,17+/m1/s1. The van der Waals surface area contributed by atoms with Gasteiger partial charge in [-0.3, -0.25) is 9.10 Å². The van der Waals surface area contributed by atoms with Crippen molar-refractivity contribution in [2.24, 2.45) is 11.8 Å². The third-order valence-electron chi connectivity index (χ3n) is 4.79. The van der Waals surface area contributed by atoms with E-state index in [-0.39, 0.29) is 16.7 Å². The Labute approximate surface area is 160 Å². The van der Waals surface area contributed by atoms with Gasteiger partial charge in [0, 0.05) is 12.5 Å². The van der Waals surface area contributed by atoms with Gasteiger partial charge in [0.2, 0.25) is 5.91 Å². The van der Waals surface area contributed by atoms with Crippen LogP contribution in [-0.4, -0.2) is 28.0 Å². The Hall–Kier alpha value is -2.54. The van der Waals surface area contributed by atoms with Crippen LogP contribution in [0.2, 0.25) is 0 Å². The highest BCUT2D eigenvalue weighted by atomic mass is 32.2. The first-order valence-electron chi connectivity index (χ1n) is 8.95. The minimum absolute atomic E-state index is 0.0218. The lowest BCUT2D eigenvalue weighted by Crippen LogP contribution is -2.30. The zero-order valence-electron chi connectivity index (χ0n) is 15.7. The molecule has 1 fully saturated rings. The van der Waals surface area contributed by atoms with E-state index in [1.54, 1.807) is 37.3 Å². The molecule has 144 valence electrons. The number of methoxy groups -OCH3 is 1. The van der Waals surface area contributed by atoms with Crippen molar-refractivity contribution in [1.82, 2.24) is 0 Å². The molecule has 0 aliphatic heterocycles. The second-order valence-electron chi connectivity index (χ2n) is 6.68. The van der Waals surface area contributed by atoms with Gasteiger partial charge in [-0.05, 0) is 49.6 Å². The van der Waals surface area contributed by atoms with Crippen molar-refractivity contribution in [1.29, 1.82) is 0 Å². The Morgan fingerprint density at radius 2 is 1.89 bits per heavy atom. The van der Waals surface area contributed by atoms with Crippen LogP contribution in [-0.2, 0) is 14.8 Å². The maximum absolute atomic E-state index is 13.2. The first kappa shape index (κ1) is 19.2. The van der Waals surface area contributed by atoms with Crippen molar-refractivity contribution in [3.8, 4) is 5.75 Å². The Bertz CT molecular complexity index is 928. The average molecular weight is 388 g/mol. The molecule has 1 aliphatic rings. The summed E-state index contributed by atoms with van der Waals surface area (Å²) < 4.78 is 33.0. The van der Waals surface area contributed by atoms with Crippen molar-refractivity contribution in [3.63, 3.8) is 0 Å². The zero-order chi connectivity index (χ0) is 19.6. The second-order valence-corrected chi connectivity index (χ2v) is 8.54. The number of carbonyl (C=O) groups excluding carboxylic acids is 1. The van der Waals surface area contributed by atoms with Gasteiger partial charge in [-0.25, -0.2) is 8.42 Å². The van der Waals surface area contributed by atoms with E-state index in [9.17, 15) is 13.2 Å². The lowest BCUT2D eigenvalue weighted by Gasteiger charge is -2.23. The molecule has 0 radical (unpaired) electrons.